The zero-order valence-corrected chi connectivity index (χ0v) is 34.9. The highest BCUT2D eigenvalue weighted by atomic mass is 14.9. The van der Waals surface area contributed by atoms with Gasteiger partial charge in [0, 0.05) is 0 Å². The van der Waals surface area contributed by atoms with Crippen LogP contribution in [0.1, 0.15) is 95.0 Å². The molecule has 0 unspecified atom stereocenters. The predicted molar refractivity (Wildman–Crippen MR) is 239 cm³/mol. The van der Waals surface area contributed by atoms with Crippen molar-refractivity contribution >= 4 is 45.6 Å². The van der Waals surface area contributed by atoms with Crippen LogP contribution in [0.15, 0.2) is 117 Å². The number of benzene rings is 4. The molecular weight excluding hydrogens is 685 g/mol. The molecule has 0 saturated heterocycles. The Morgan fingerprint density at radius 1 is 0.321 bits per heavy atom. The molecule has 0 atom stereocenters. The van der Waals surface area contributed by atoms with Gasteiger partial charge in [-0.2, -0.15) is 0 Å². The maximum atomic E-state index is 5.12. The van der Waals surface area contributed by atoms with Gasteiger partial charge in [0.15, 0.2) is 0 Å². The maximum absolute atomic E-state index is 5.12. The quantitative estimate of drug-likeness (QED) is 0.139. The van der Waals surface area contributed by atoms with E-state index in [1.165, 1.54) is 0 Å². The lowest BCUT2D eigenvalue weighted by molar-refractivity contribution is 1.22. The molecule has 0 aliphatic heterocycles. The van der Waals surface area contributed by atoms with E-state index in [4.69, 9.17) is 29.9 Å². The minimum absolute atomic E-state index is 0.835. The molecule has 4 aromatic carbocycles. The molecule has 6 nitrogen and oxygen atoms in total. The van der Waals surface area contributed by atoms with Gasteiger partial charge in [0.25, 0.3) is 0 Å². The number of nitrogens with zero attached hydrogens (tertiary/aromatic N) is 6. The van der Waals surface area contributed by atoms with Crippen LogP contribution in [0.2, 0.25) is 0 Å². The smallest absolute Gasteiger partial charge is 0.0849 e. The Kier molecular flexibility index (Phi) is 11.8. The first kappa shape index (κ1) is 39.6. The van der Waals surface area contributed by atoms with Crippen LogP contribution >= 0.6 is 0 Å². The second kappa shape index (κ2) is 16.7. The van der Waals surface area contributed by atoms with E-state index in [0.29, 0.717) is 0 Å². The van der Waals surface area contributed by atoms with Crippen LogP contribution in [0.3, 0.4) is 0 Å². The molecule has 282 valence electrons. The van der Waals surface area contributed by atoms with Gasteiger partial charge in [-0.05, 0) is 187 Å². The molecule has 0 aliphatic carbocycles. The third-order valence-corrected chi connectivity index (χ3v) is 10.3. The van der Waals surface area contributed by atoms with E-state index in [0.717, 1.165) is 124 Å². The van der Waals surface area contributed by atoms with Crippen LogP contribution in [-0.2, 0) is 0 Å². The fraction of sp³-hybridized carbons (Fsp3) is 0.240. The van der Waals surface area contributed by atoms with Crippen molar-refractivity contribution in [3.8, 4) is 11.1 Å². The highest BCUT2D eigenvalue weighted by molar-refractivity contribution is 6.04. The van der Waals surface area contributed by atoms with Crippen molar-refractivity contribution in [2.75, 3.05) is 0 Å². The molecule has 0 N–H and O–H groups in total. The largest absolute Gasteiger partial charge is 0.251 e. The summed E-state index contributed by atoms with van der Waals surface area (Å²) in [5.74, 6) is 0. The molecule has 0 fully saturated rings. The van der Waals surface area contributed by atoms with Crippen molar-refractivity contribution in [2.24, 2.45) is 20.0 Å². The molecule has 0 spiro atoms. The molecule has 6 heteroatoms. The number of para-hydroxylation sites is 2. The summed E-state index contributed by atoms with van der Waals surface area (Å²) in [5.41, 5.74) is 22.1. The van der Waals surface area contributed by atoms with Crippen LogP contribution in [0.4, 0.5) is 22.7 Å². The SMILES string of the molecule is CC(=Nc1c(C)cccc1C)c1cccc(C(C)=Nc2c(C)cc(-c3cc(C)c(N=C(C)c4cccc(C(C)=Nc5c(C)cccc5C)n4)c(C)c3)cc2C)n1. The van der Waals surface area contributed by atoms with Gasteiger partial charge in [0.05, 0.1) is 68.4 Å². The number of pyridine rings is 2. The third kappa shape index (κ3) is 8.71. The molecular formula is C50H52N6. The average molecular weight is 737 g/mol. The lowest BCUT2D eigenvalue weighted by Gasteiger charge is -2.14. The van der Waals surface area contributed by atoms with E-state index in [9.17, 15) is 0 Å². The fourth-order valence-electron chi connectivity index (χ4n) is 7.14. The number of rotatable bonds is 9. The summed E-state index contributed by atoms with van der Waals surface area (Å²) in [6, 6.07) is 33.5. The van der Waals surface area contributed by atoms with Crippen LogP contribution in [0.25, 0.3) is 11.1 Å². The molecule has 6 aromatic rings. The van der Waals surface area contributed by atoms with Gasteiger partial charge in [-0.15, -0.1) is 0 Å². The Bertz CT molecular complexity index is 2330. The lowest BCUT2D eigenvalue weighted by Crippen LogP contribution is -2.05. The number of hydrogen-bond donors (Lipinski definition) is 0. The molecule has 6 rings (SSSR count). The van der Waals surface area contributed by atoms with Gasteiger partial charge in [-0.1, -0.05) is 48.5 Å². The van der Waals surface area contributed by atoms with E-state index in [-0.39, 0.29) is 0 Å². The van der Waals surface area contributed by atoms with Gasteiger partial charge in [0.2, 0.25) is 0 Å². The highest BCUT2D eigenvalue weighted by Gasteiger charge is 2.14. The van der Waals surface area contributed by atoms with Crippen molar-refractivity contribution in [3.63, 3.8) is 0 Å². The Hall–Kier alpha value is -6.14. The van der Waals surface area contributed by atoms with Crippen LogP contribution in [0.5, 0.6) is 0 Å². The minimum atomic E-state index is 0.835. The van der Waals surface area contributed by atoms with Crippen molar-refractivity contribution < 1.29 is 0 Å². The summed E-state index contributed by atoms with van der Waals surface area (Å²) in [5, 5.41) is 0. The maximum Gasteiger partial charge on any atom is 0.0849 e. The molecule has 2 heterocycles. The standard InChI is InChI=1S/C50H52N6/c1-29-17-13-18-30(2)47(29)51-37(9)43-21-15-23-45(55-43)39(11)53-49-33(5)25-41(26-34(49)6)42-27-35(7)50(36(8)28-42)54-40(12)46-24-16-22-44(56-46)38(10)52-48-31(3)19-14-20-32(48)4/h13-28H,1-12H3. The fourth-order valence-corrected chi connectivity index (χ4v) is 7.14. The normalized spacial score (nSPS) is 12.7. The van der Waals surface area contributed by atoms with Crippen LogP contribution in [-0.4, -0.2) is 32.8 Å². The van der Waals surface area contributed by atoms with Crippen molar-refractivity contribution in [2.45, 2.75) is 83.1 Å². The summed E-state index contributed by atoms with van der Waals surface area (Å²) in [4.78, 5) is 30.1. The minimum Gasteiger partial charge on any atom is -0.251 e. The van der Waals surface area contributed by atoms with E-state index in [2.05, 4.69) is 116 Å². The first-order chi connectivity index (χ1) is 26.7. The monoisotopic (exact) mass is 736 g/mol. The van der Waals surface area contributed by atoms with Gasteiger partial charge in [-0.3, -0.25) is 20.0 Å². The second-order valence-corrected chi connectivity index (χ2v) is 15.0. The Morgan fingerprint density at radius 3 is 0.786 bits per heavy atom. The topological polar surface area (TPSA) is 75.2 Å². The average Bonchev–Trinajstić information content (AvgIpc) is 3.17. The van der Waals surface area contributed by atoms with Gasteiger partial charge in [-0.25, -0.2) is 9.97 Å². The summed E-state index contributed by atoms with van der Waals surface area (Å²) < 4.78 is 0. The molecule has 0 radical (unpaired) electrons. The molecule has 0 bridgehead atoms. The van der Waals surface area contributed by atoms with Crippen molar-refractivity contribution in [1.29, 1.82) is 0 Å². The van der Waals surface area contributed by atoms with Crippen LogP contribution in [0, 0.1) is 55.4 Å². The van der Waals surface area contributed by atoms with E-state index >= 15 is 0 Å². The zero-order chi connectivity index (χ0) is 40.3. The van der Waals surface area contributed by atoms with Gasteiger partial charge in [0.1, 0.15) is 0 Å². The summed E-state index contributed by atoms with van der Waals surface area (Å²) in [7, 11) is 0. The van der Waals surface area contributed by atoms with Crippen molar-refractivity contribution in [1.82, 2.24) is 9.97 Å². The molecule has 0 aliphatic rings. The third-order valence-electron chi connectivity index (χ3n) is 10.3. The molecule has 0 amide bonds. The van der Waals surface area contributed by atoms with Gasteiger partial charge < -0.3 is 0 Å². The molecule has 56 heavy (non-hydrogen) atoms. The van der Waals surface area contributed by atoms with Crippen LogP contribution < -0.4 is 0 Å². The summed E-state index contributed by atoms with van der Waals surface area (Å²) in [6.07, 6.45) is 0. The first-order valence-corrected chi connectivity index (χ1v) is 19.2. The molecule has 0 saturated carbocycles. The second-order valence-electron chi connectivity index (χ2n) is 15.0. The van der Waals surface area contributed by atoms with E-state index < -0.39 is 0 Å². The number of aryl methyl sites for hydroxylation is 8. The number of aromatic nitrogens is 2. The zero-order valence-electron chi connectivity index (χ0n) is 34.9. The number of aliphatic imine (C=N–C) groups is 4. The Morgan fingerprint density at radius 2 is 0.536 bits per heavy atom. The Balaban J connectivity index is 1.24. The summed E-state index contributed by atoms with van der Waals surface area (Å²) in [6.45, 7) is 25.0. The van der Waals surface area contributed by atoms with E-state index in [1.807, 2.05) is 64.1 Å². The van der Waals surface area contributed by atoms with Gasteiger partial charge >= 0.3 is 0 Å². The highest BCUT2D eigenvalue weighted by Crippen LogP contribution is 2.35. The number of hydrogen-bond acceptors (Lipinski definition) is 6. The summed E-state index contributed by atoms with van der Waals surface area (Å²) >= 11 is 0. The Labute approximate surface area is 333 Å². The van der Waals surface area contributed by atoms with E-state index in [1.54, 1.807) is 0 Å². The first-order valence-electron chi connectivity index (χ1n) is 19.2. The lowest BCUT2D eigenvalue weighted by atomic mass is 9.95. The molecule has 2 aromatic heterocycles. The van der Waals surface area contributed by atoms with Crippen molar-refractivity contribution in [3.05, 3.63) is 164 Å². The predicted octanol–water partition coefficient (Wildman–Crippen LogP) is 13.2.